The third kappa shape index (κ3) is 5.29. The zero-order chi connectivity index (χ0) is 28.6. The van der Waals surface area contributed by atoms with Crippen LogP contribution in [0.25, 0.3) is 0 Å². The van der Waals surface area contributed by atoms with Crippen molar-refractivity contribution >= 4 is 6.03 Å². The van der Waals surface area contributed by atoms with E-state index >= 15 is 0 Å². The number of benzene rings is 2. The normalized spacial score (nSPS) is 20.2. The third-order valence-corrected chi connectivity index (χ3v) is 7.20. The Bertz CT molecular complexity index is 1280. The number of halogens is 7. The molecule has 0 bridgehead atoms. The first-order valence-corrected chi connectivity index (χ1v) is 11.8. The van der Waals surface area contributed by atoms with Crippen molar-refractivity contribution in [1.29, 1.82) is 0 Å². The van der Waals surface area contributed by atoms with E-state index < -0.39 is 46.7 Å². The summed E-state index contributed by atoms with van der Waals surface area (Å²) in [7, 11) is 0. The SMILES string of the molecule is C[C@]1(c2ccc(F)cc2)CN(C(=O)NCc2cccnc2)C[C@H]1c1ccc(C(O)(C(F)(F)F)C(F)(F)F)cc1. The second-order valence-electron chi connectivity index (χ2n) is 9.71. The number of hydrogen-bond donors (Lipinski definition) is 2. The average molecular weight is 555 g/mol. The van der Waals surface area contributed by atoms with Crippen molar-refractivity contribution < 1.29 is 40.6 Å². The summed E-state index contributed by atoms with van der Waals surface area (Å²) >= 11 is 0. The van der Waals surface area contributed by atoms with Gasteiger partial charge in [-0.25, -0.2) is 9.18 Å². The molecule has 12 heteroatoms. The maximum atomic E-state index is 13.6. The minimum atomic E-state index is -6.01. The Hall–Kier alpha value is -3.67. The molecule has 39 heavy (non-hydrogen) atoms. The van der Waals surface area contributed by atoms with Crippen LogP contribution in [-0.2, 0) is 17.6 Å². The van der Waals surface area contributed by atoms with Crippen LogP contribution in [0.15, 0.2) is 73.1 Å². The topological polar surface area (TPSA) is 65.5 Å². The molecule has 1 saturated heterocycles. The number of likely N-dealkylation sites (tertiary alicyclic amines) is 1. The van der Waals surface area contributed by atoms with Gasteiger partial charge in [-0.05, 0) is 34.9 Å². The Balaban J connectivity index is 1.66. The van der Waals surface area contributed by atoms with E-state index in [2.05, 4.69) is 10.3 Å². The highest BCUT2D eigenvalue weighted by molar-refractivity contribution is 5.75. The molecule has 2 N–H and O–H groups in total. The van der Waals surface area contributed by atoms with Crippen LogP contribution in [0.1, 0.15) is 35.1 Å². The molecule has 1 fully saturated rings. The predicted octanol–water partition coefficient (Wildman–Crippen LogP) is 5.80. The molecule has 0 radical (unpaired) electrons. The number of alkyl halides is 6. The van der Waals surface area contributed by atoms with E-state index in [-0.39, 0.29) is 19.6 Å². The van der Waals surface area contributed by atoms with E-state index in [1.807, 2.05) is 0 Å². The van der Waals surface area contributed by atoms with E-state index in [1.54, 1.807) is 31.5 Å². The maximum absolute atomic E-state index is 13.6. The van der Waals surface area contributed by atoms with Crippen LogP contribution in [0.5, 0.6) is 0 Å². The van der Waals surface area contributed by atoms with Crippen molar-refractivity contribution in [2.45, 2.75) is 42.8 Å². The largest absolute Gasteiger partial charge is 0.430 e. The highest BCUT2D eigenvalue weighted by atomic mass is 19.4. The van der Waals surface area contributed by atoms with Crippen LogP contribution in [0.4, 0.5) is 35.5 Å². The summed E-state index contributed by atoms with van der Waals surface area (Å²) in [4.78, 5) is 18.5. The molecule has 4 rings (SSSR count). The number of aliphatic hydroxyl groups is 1. The Morgan fingerprint density at radius 2 is 1.64 bits per heavy atom. The first kappa shape index (κ1) is 28.3. The molecule has 0 aliphatic carbocycles. The highest BCUT2D eigenvalue weighted by Gasteiger charge is 2.71. The second-order valence-corrected chi connectivity index (χ2v) is 9.71. The predicted molar refractivity (Wildman–Crippen MR) is 127 cm³/mol. The van der Waals surface area contributed by atoms with Crippen LogP contribution in [0, 0.1) is 5.82 Å². The minimum absolute atomic E-state index is 0.0783. The van der Waals surface area contributed by atoms with Crippen molar-refractivity contribution in [3.8, 4) is 0 Å². The molecular formula is C27H24F7N3O2. The van der Waals surface area contributed by atoms with E-state index in [4.69, 9.17) is 0 Å². The quantitative estimate of drug-likeness (QED) is 0.392. The monoisotopic (exact) mass is 555 g/mol. The van der Waals surface area contributed by atoms with Gasteiger partial charge in [-0.1, -0.05) is 49.4 Å². The Labute approximate surface area is 219 Å². The Morgan fingerprint density at radius 3 is 2.18 bits per heavy atom. The fraction of sp³-hybridized carbons (Fsp3) is 0.333. The fourth-order valence-corrected chi connectivity index (χ4v) is 4.98. The molecule has 1 aliphatic rings. The average Bonchev–Trinajstić information content (AvgIpc) is 3.25. The lowest BCUT2D eigenvalue weighted by Gasteiger charge is -2.34. The lowest BCUT2D eigenvalue weighted by molar-refractivity contribution is -0.376. The number of nitrogens with one attached hydrogen (secondary N) is 1. The number of amides is 2. The number of nitrogens with zero attached hydrogens (tertiary/aromatic N) is 2. The van der Waals surface area contributed by atoms with Gasteiger partial charge in [0.15, 0.2) is 0 Å². The summed E-state index contributed by atoms with van der Waals surface area (Å²) in [5, 5.41) is 12.5. The standard InChI is InChI=1S/C27H24F7N3O2/c1-24(19-8-10-21(28)11-9-19)16-37(23(38)36-14-17-3-2-12-35-13-17)15-22(24)18-4-6-20(7-5-18)25(39,26(29,30)31)27(32,33)34/h2-13,22,39H,14-16H2,1H3,(H,36,38)/t22-,24+/m0/s1. The van der Waals surface area contributed by atoms with Gasteiger partial charge in [0, 0.05) is 48.9 Å². The van der Waals surface area contributed by atoms with Crippen LogP contribution in [0.3, 0.4) is 0 Å². The first-order valence-electron chi connectivity index (χ1n) is 11.8. The fourth-order valence-electron chi connectivity index (χ4n) is 4.98. The number of urea groups is 1. The van der Waals surface area contributed by atoms with Crippen LogP contribution in [-0.4, -0.2) is 46.5 Å². The third-order valence-electron chi connectivity index (χ3n) is 7.20. The molecule has 0 spiro atoms. The van der Waals surface area contributed by atoms with Gasteiger partial charge in [-0.3, -0.25) is 4.98 Å². The number of hydrogen-bond acceptors (Lipinski definition) is 3. The summed E-state index contributed by atoms with van der Waals surface area (Å²) in [6.45, 7) is 2.19. The van der Waals surface area contributed by atoms with Gasteiger partial charge >= 0.3 is 18.4 Å². The van der Waals surface area contributed by atoms with Gasteiger partial charge in [-0.2, -0.15) is 26.3 Å². The van der Waals surface area contributed by atoms with Gasteiger partial charge in [0.1, 0.15) is 5.82 Å². The summed E-state index contributed by atoms with van der Waals surface area (Å²) < 4.78 is 93.7. The van der Waals surface area contributed by atoms with Crippen molar-refractivity contribution in [3.63, 3.8) is 0 Å². The van der Waals surface area contributed by atoms with Gasteiger partial charge in [0.05, 0.1) is 0 Å². The molecule has 2 atom stereocenters. The van der Waals surface area contributed by atoms with E-state index in [9.17, 15) is 40.6 Å². The van der Waals surface area contributed by atoms with Crippen LogP contribution >= 0.6 is 0 Å². The number of aromatic nitrogens is 1. The molecule has 2 heterocycles. The molecule has 0 saturated carbocycles. The first-order chi connectivity index (χ1) is 18.2. The molecule has 208 valence electrons. The van der Waals surface area contributed by atoms with Crippen LogP contribution < -0.4 is 5.32 Å². The Kier molecular flexibility index (Phi) is 7.37. The summed E-state index contributed by atoms with van der Waals surface area (Å²) in [6, 6.07) is 11.9. The van der Waals surface area contributed by atoms with E-state index in [1.165, 1.54) is 29.2 Å². The molecule has 1 aromatic heterocycles. The smallest absolute Gasteiger partial charge is 0.369 e. The van der Waals surface area contributed by atoms with E-state index in [0.29, 0.717) is 23.3 Å². The highest BCUT2D eigenvalue weighted by Crippen LogP contribution is 2.51. The van der Waals surface area contributed by atoms with Gasteiger partial charge < -0.3 is 15.3 Å². The zero-order valence-electron chi connectivity index (χ0n) is 20.5. The van der Waals surface area contributed by atoms with E-state index in [0.717, 1.165) is 17.7 Å². The molecule has 5 nitrogen and oxygen atoms in total. The lowest BCUT2D eigenvalue weighted by Crippen LogP contribution is -2.53. The van der Waals surface area contributed by atoms with Crippen molar-refractivity contribution in [3.05, 3.63) is 101 Å². The molecule has 1 aliphatic heterocycles. The number of rotatable bonds is 5. The van der Waals surface area contributed by atoms with Crippen molar-refractivity contribution in [2.75, 3.05) is 13.1 Å². The molecule has 2 amide bonds. The van der Waals surface area contributed by atoms with Crippen molar-refractivity contribution in [1.82, 2.24) is 15.2 Å². The second kappa shape index (κ2) is 10.1. The van der Waals surface area contributed by atoms with Gasteiger partial charge in [-0.15, -0.1) is 0 Å². The Morgan fingerprint density at radius 1 is 1.03 bits per heavy atom. The van der Waals surface area contributed by atoms with Gasteiger partial charge in [0.2, 0.25) is 0 Å². The summed E-state index contributed by atoms with van der Waals surface area (Å²) in [5.74, 6) is -1.07. The molecule has 3 aromatic rings. The minimum Gasteiger partial charge on any atom is -0.369 e. The summed E-state index contributed by atoms with van der Waals surface area (Å²) in [5.41, 5.74) is -5.57. The lowest BCUT2D eigenvalue weighted by atomic mass is 9.71. The van der Waals surface area contributed by atoms with Crippen molar-refractivity contribution in [2.24, 2.45) is 0 Å². The number of carbonyl (C=O) groups excluding carboxylic acids is 1. The zero-order valence-corrected chi connectivity index (χ0v) is 20.5. The molecular weight excluding hydrogens is 531 g/mol. The molecule has 0 unspecified atom stereocenters. The molecule has 2 aromatic carbocycles. The number of carbonyl (C=O) groups is 1. The maximum Gasteiger partial charge on any atom is 0.430 e. The van der Waals surface area contributed by atoms with Crippen LogP contribution in [0.2, 0.25) is 0 Å². The summed E-state index contributed by atoms with van der Waals surface area (Å²) in [6.07, 6.45) is -8.85. The van der Waals surface area contributed by atoms with Gasteiger partial charge in [0.25, 0.3) is 5.60 Å². The number of pyridine rings is 1.